The Labute approximate surface area is 192 Å². The minimum atomic E-state index is -1.04. The number of nitrogens with one attached hydrogen (secondary N) is 2. The number of rotatable bonds is 6. The van der Waals surface area contributed by atoms with E-state index < -0.39 is 17.5 Å². The van der Waals surface area contributed by atoms with E-state index in [1.165, 1.54) is 22.3 Å². The predicted octanol–water partition coefficient (Wildman–Crippen LogP) is 3.82. The van der Waals surface area contributed by atoms with Crippen LogP contribution in [-0.4, -0.2) is 41.8 Å². The number of ether oxygens (including phenoxy) is 1. The van der Waals surface area contributed by atoms with E-state index in [-0.39, 0.29) is 30.5 Å². The van der Waals surface area contributed by atoms with Crippen molar-refractivity contribution in [2.45, 2.75) is 50.0 Å². The van der Waals surface area contributed by atoms with E-state index in [0.29, 0.717) is 38.5 Å². The number of fused-ring (bicyclic) bond motifs is 6. The minimum Gasteiger partial charge on any atom is -0.480 e. The Hall–Kier alpha value is -3.35. The zero-order valence-electron chi connectivity index (χ0n) is 18.4. The monoisotopic (exact) mass is 448 g/mol. The van der Waals surface area contributed by atoms with Crippen LogP contribution in [0.3, 0.4) is 0 Å². The van der Waals surface area contributed by atoms with Gasteiger partial charge in [-0.2, -0.15) is 0 Å². The summed E-state index contributed by atoms with van der Waals surface area (Å²) in [6.07, 6.45) is 3.58. The van der Waals surface area contributed by atoms with Crippen molar-refractivity contribution >= 4 is 18.0 Å². The van der Waals surface area contributed by atoms with Crippen LogP contribution in [0.25, 0.3) is 11.1 Å². The van der Waals surface area contributed by atoms with Gasteiger partial charge >= 0.3 is 12.1 Å². The van der Waals surface area contributed by atoms with Crippen LogP contribution in [0, 0.1) is 5.41 Å². The minimum absolute atomic E-state index is 0.0175. The molecule has 0 aromatic heterocycles. The lowest BCUT2D eigenvalue weighted by Crippen LogP contribution is -2.60. The average Bonchev–Trinajstić information content (AvgIpc) is 3.16. The summed E-state index contributed by atoms with van der Waals surface area (Å²) in [6, 6.07) is 16.5. The summed E-state index contributed by atoms with van der Waals surface area (Å²) in [5, 5.41) is 14.5. The van der Waals surface area contributed by atoms with Crippen LogP contribution in [0.4, 0.5) is 4.79 Å². The molecule has 172 valence electrons. The smallest absolute Gasteiger partial charge is 0.407 e. The zero-order valence-corrected chi connectivity index (χ0v) is 18.4. The molecule has 0 saturated heterocycles. The summed E-state index contributed by atoms with van der Waals surface area (Å²) in [4.78, 5) is 36.1. The summed E-state index contributed by atoms with van der Waals surface area (Å²) in [7, 11) is 0. The number of hydrogen-bond acceptors (Lipinski definition) is 4. The maximum atomic E-state index is 12.8. The number of carbonyl (C=O) groups excluding carboxylic acids is 2. The molecule has 33 heavy (non-hydrogen) atoms. The topological polar surface area (TPSA) is 105 Å². The summed E-state index contributed by atoms with van der Waals surface area (Å²) < 4.78 is 5.73. The normalized spacial score (nSPS) is 25.1. The van der Waals surface area contributed by atoms with Gasteiger partial charge < -0.3 is 20.5 Å². The third kappa shape index (κ3) is 3.86. The van der Waals surface area contributed by atoms with Crippen LogP contribution in [0.1, 0.15) is 55.6 Å². The first-order valence-electron chi connectivity index (χ1n) is 11.5. The zero-order chi connectivity index (χ0) is 23.1. The highest BCUT2D eigenvalue weighted by molar-refractivity contribution is 5.86. The number of carbonyl (C=O) groups is 3. The second-order valence-corrected chi connectivity index (χ2v) is 9.59. The van der Waals surface area contributed by atoms with Gasteiger partial charge in [0.05, 0.1) is 0 Å². The molecule has 0 heterocycles. The molecule has 7 nitrogen and oxygen atoms in total. The lowest BCUT2D eigenvalue weighted by atomic mass is 9.57. The van der Waals surface area contributed by atoms with E-state index in [1.807, 2.05) is 24.3 Å². The molecule has 2 aromatic rings. The van der Waals surface area contributed by atoms with Gasteiger partial charge in [-0.3, -0.25) is 9.59 Å². The van der Waals surface area contributed by atoms with E-state index in [1.54, 1.807) is 0 Å². The number of amides is 2. The lowest BCUT2D eigenvalue weighted by molar-refractivity contribution is -0.143. The third-order valence-corrected chi connectivity index (χ3v) is 7.84. The van der Waals surface area contributed by atoms with E-state index in [0.717, 1.165) is 0 Å². The molecular weight excluding hydrogens is 420 g/mol. The fourth-order valence-corrected chi connectivity index (χ4v) is 5.91. The Morgan fingerprint density at radius 3 is 1.97 bits per heavy atom. The Balaban J connectivity index is 1.20. The van der Waals surface area contributed by atoms with Crippen molar-refractivity contribution < 1.29 is 24.2 Å². The van der Waals surface area contributed by atoms with Gasteiger partial charge in [-0.1, -0.05) is 48.5 Å². The van der Waals surface area contributed by atoms with Crippen molar-refractivity contribution in [3.8, 4) is 11.1 Å². The molecule has 2 bridgehead atoms. The van der Waals surface area contributed by atoms with Crippen LogP contribution >= 0.6 is 0 Å². The number of carboxylic acids is 1. The van der Waals surface area contributed by atoms with Crippen LogP contribution in [0.5, 0.6) is 0 Å². The van der Waals surface area contributed by atoms with Crippen molar-refractivity contribution in [1.29, 1.82) is 0 Å². The highest BCUT2D eigenvalue weighted by atomic mass is 16.5. The van der Waals surface area contributed by atoms with Crippen molar-refractivity contribution in [3.05, 3.63) is 59.7 Å². The van der Waals surface area contributed by atoms with Crippen molar-refractivity contribution in [2.24, 2.45) is 5.41 Å². The molecule has 6 rings (SSSR count). The summed E-state index contributed by atoms with van der Waals surface area (Å²) in [6.45, 7) is -0.0821. The van der Waals surface area contributed by atoms with Gasteiger partial charge in [0, 0.05) is 16.9 Å². The molecule has 3 saturated carbocycles. The van der Waals surface area contributed by atoms with Crippen molar-refractivity contribution in [3.63, 3.8) is 0 Å². The summed E-state index contributed by atoms with van der Waals surface area (Å²) in [5.74, 6) is -1.21. The fraction of sp³-hybridized carbons (Fsp3) is 0.423. The molecule has 4 aliphatic carbocycles. The maximum Gasteiger partial charge on any atom is 0.407 e. The second-order valence-electron chi connectivity index (χ2n) is 9.59. The largest absolute Gasteiger partial charge is 0.480 e. The van der Waals surface area contributed by atoms with Gasteiger partial charge in [0.15, 0.2) is 0 Å². The lowest BCUT2D eigenvalue weighted by Gasteiger charge is -2.52. The molecule has 0 aliphatic heterocycles. The number of carboxylic acid groups (broad SMARTS) is 1. The van der Waals surface area contributed by atoms with Gasteiger partial charge in [0.1, 0.15) is 13.2 Å². The van der Waals surface area contributed by atoms with Gasteiger partial charge in [-0.25, -0.2) is 4.79 Å². The van der Waals surface area contributed by atoms with Crippen molar-refractivity contribution in [2.75, 3.05) is 13.2 Å². The number of benzene rings is 2. The van der Waals surface area contributed by atoms with E-state index in [2.05, 4.69) is 34.9 Å². The second kappa shape index (κ2) is 8.21. The molecule has 0 unspecified atom stereocenters. The quantitative estimate of drug-likeness (QED) is 0.623. The Morgan fingerprint density at radius 1 is 0.879 bits per heavy atom. The molecule has 0 spiro atoms. The van der Waals surface area contributed by atoms with Gasteiger partial charge in [0.2, 0.25) is 5.91 Å². The SMILES string of the molecule is O=C(O)CNC(=O)C12CCC(NC(=O)OCC3c4ccccc4-c4ccccc43)(CC1)CC2. The van der Waals surface area contributed by atoms with Crippen LogP contribution in [0.2, 0.25) is 0 Å². The van der Waals surface area contributed by atoms with E-state index >= 15 is 0 Å². The molecule has 2 aromatic carbocycles. The average molecular weight is 449 g/mol. The molecule has 7 heteroatoms. The predicted molar refractivity (Wildman–Crippen MR) is 122 cm³/mol. The highest BCUT2D eigenvalue weighted by Crippen LogP contribution is 2.52. The molecule has 3 fully saturated rings. The van der Waals surface area contributed by atoms with E-state index in [4.69, 9.17) is 9.84 Å². The molecule has 3 N–H and O–H groups in total. The standard InChI is InChI=1S/C26H28N2O5/c29-22(30)15-27-23(31)25-9-12-26(13-10-25,14-11-25)28-24(32)33-16-21-19-7-3-1-5-17(19)18-6-2-4-8-20(18)21/h1-8,21H,9-16H2,(H,27,31)(H,28,32)(H,29,30). The molecule has 0 atom stereocenters. The maximum absolute atomic E-state index is 12.8. The fourth-order valence-electron chi connectivity index (χ4n) is 5.91. The molecule has 4 aliphatic rings. The Morgan fingerprint density at radius 2 is 1.42 bits per heavy atom. The van der Waals surface area contributed by atoms with Crippen LogP contribution < -0.4 is 10.6 Å². The number of aliphatic carboxylic acids is 1. The van der Waals surface area contributed by atoms with Crippen LogP contribution in [0.15, 0.2) is 48.5 Å². The first-order chi connectivity index (χ1) is 15.9. The summed E-state index contributed by atoms with van der Waals surface area (Å²) >= 11 is 0. The Bertz CT molecular complexity index is 1040. The molecule has 2 amide bonds. The van der Waals surface area contributed by atoms with Gasteiger partial charge in [-0.15, -0.1) is 0 Å². The first kappa shape index (κ1) is 21.5. The highest BCUT2D eigenvalue weighted by Gasteiger charge is 2.53. The third-order valence-electron chi connectivity index (χ3n) is 7.84. The van der Waals surface area contributed by atoms with Crippen LogP contribution in [-0.2, 0) is 14.3 Å². The van der Waals surface area contributed by atoms with E-state index in [9.17, 15) is 14.4 Å². The number of alkyl carbamates (subject to hydrolysis) is 1. The first-order valence-corrected chi connectivity index (χ1v) is 11.5. The van der Waals surface area contributed by atoms with Gasteiger partial charge in [-0.05, 0) is 60.8 Å². The number of hydrogen-bond donors (Lipinski definition) is 3. The molecular formula is C26H28N2O5. The Kier molecular flexibility index (Phi) is 5.35. The molecule has 0 radical (unpaired) electrons. The summed E-state index contributed by atoms with van der Waals surface area (Å²) in [5.41, 5.74) is 3.88. The van der Waals surface area contributed by atoms with Gasteiger partial charge in [0.25, 0.3) is 0 Å². The van der Waals surface area contributed by atoms with Crippen molar-refractivity contribution in [1.82, 2.24) is 10.6 Å².